The summed E-state index contributed by atoms with van der Waals surface area (Å²) in [7, 11) is 0. The topological polar surface area (TPSA) is 52.4 Å². The van der Waals surface area contributed by atoms with E-state index >= 15 is 0 Å². The third kappa shape index (κ3) is 2.91. The van der Waals surface area contributed by atoms with Crippen molar-refractivity contribution in [2.75, 3.05) is 0 Å². The molecule has 0 amide bonds. The molecule has 0 radical (unpaired) electrons. The SMILES string of the molecule is Cc1cc(C)c([N+](=O)[O-])cc1Oc1ccccc1CCl. The monoisotopic (exact) mass is 291 g/mol. The van der Waals surface area contributed by atoms with Gasteiger partial charge < -0.3 is 4.74 Å². The van der Waals surface area contributed by atoms with Gasteiger partial charge in [-0.15, -0.1) is 11.6 Å². The van der Waals surface area contributed by atoms with Crippen LogP contribution in [0.4, 0.5) is 5.69 Å². The third-order valence-electron chi connectivity index (χ3n) is 3.03. The van der Waals surface area contributed by atoms with Gasteiger partial charge in [0.15, 0.2) is 0 Å². The van der Waals surface area contributed by atoms with Gasteiger partial charge in [-0.2, -0.15) is 0 Å². The second-order valence-electron chi connectivity index (χ2n) is 4.50. The Balaban J connectivity index is 2.43. The van der Waals surface area contributed by atoms with Gasteiger partial charge in [-0.25, -0.2) is 0 Å². The molecule has 0 aromatic heterocycles. The summed E-state index contributed by atoms with van der Waals surface area (Å²) in [4.78, 5) is 10.6. The van der Waals surface area contributed by atoms with Crippen molar-refractivity contribution in [2.45, 2.75) is 19.7 Å². The fourth-order valence-electron chi connectivity index (χ4n) is 1.96. The Morgan fingerprint density at radius 3 is 2.50 bits per heavy atom. The lowest BCUT2D eigenvalue weighted by molar-refractivity contribution is -0.385. The third-order valence-corrected chi connectivity index (χ3v) is 3.31. The first kappa shape index (κ1) is 14.3. The molecule has 0 aliphatic rings. The molecule has 20 heavy (non-hydrogen) atoms. The van der Waals surface area contributed by atoms with E-state index in [2.05, 4.69) is 0 Å². The Labute approximate surface area is 122 Å². The minimum absolute atomic E-state index is 0.0500. The number of nitro groups is 1. The zero-order valence-corrected chi connectivity index (χ0v) is 12.0. The van der Waals surface area contributed by atoms with Crippen LogP contribution in [0.5, 0.6) is 11.5 Å². The maximum absolute atomic E-state index is 11.0. The number of nitro benzene ring substituents is 1. The zero-order valence-electron chi connectivity index (χ0n) is 11.2. The van der Waals surface area contributed by atoms with Crippen LogP contribution in [-0.4, -0.2) is 4.92 Å². The summed E-state index contributed by atoms with van der Waals surface area (Å²) in [6.45, 7) is 3.57. The Hall–Kier alpha value is -2.07. The maximum atomic E-state index is 11.0. The van der Waals surface area contributed by atoms with Crippen LogP contribution in [0.25, 0.3) is 0 Å². The maximum Gasteiger partial charge on any atom is 0.276 e. The molecule has 0 aliphatic heterocycles. The standard InChI is InChI=1S/C15H14ClNO3/c1-10-7-11(2)15(8-13(10)17(18)19)20-14-6-4-3-5-12(14)9-16/h3-8H,9H2,1-2H3. The molecule has 0 unspecified atom stereocenters. The van der Waals surface area contributed by atoms with Gasteiger partial charge >= 0.3 is 0 Å². The predicted molar refractivity (Wildman–Crippen MR) is 78.6 cm³/mol. The Morgan fingerprint density at radius 2 is 1.85 bits per heavy atom. The number of benzene rings is 2. The minimum Gasteiger partial charge on any atom is -0.456 e. The van der Waals surface area contributed by atoms with Crippen molar-refractivity contribution in [3.05, 3.63) is 63.2 Å². The van der Waals surface area contributed by atoms with Crippen LogP contribution < -0.4 is 4.74 Å². The minimum atomic E-state index is -0.408. The Morgan fingerprint density at radius 1 is 1.15 bits per heavy atom. The van der Waals surface area contributed by atoms with Crippen LogP contribution in [0, 0.1) is 24.0 Å². The van der Waals surface area contributed by atoms with Crippen LogP contribution in [0.2, 0.25) is 0 Å². The normalized spacial score (nSPS) is 10.3. The van der Waals surface area contributed by atoms with E-state index in [9.17, 15) is 10.1 Å². The summed E-state index contributed by atoms with van der Waals surface area (Å²) < 4.78 is 5.79. The largest absolute Gasteiger partial charge is 0.456 e. The van der Waals surface area contributed by atoms with Crippen molar-refractivity contribution in [1.29, 1.82) is 0 Å². The van der Waals surface area contributed by atoms with Gasteiger partial charge in [0.2, 0.25) is 0 Å². The van der Waals surface area contributed by atoms with Crippen LogP contribution in [0.15, 0.2) is 36.4 Å². The molecule has 0 saturated carbocycles. The number of hydrogen-bond donors (Lipinski definition) is 0. The van der Waals surface area contributed by atoms with E-state index in [1.165, 1.54) is 6.07 Å². The number of rotatable bonds is 4. The molecule has 2 rings (SSSR count). The molecule has 0 spiro atoms. The molecule has 0 saturated heterocycles. The van der Waals surface area contributed by atoms with E-state index in [1.807, 2.05) is 25.1 Å². The quantitative estimate of drug-likeness (QED) is 0.464. The van der Waals surface area contributed by atoms with E-state index in [-0.39, 0.29) is 5.69 Å². The highest BCUT2D eigenvalue weighted by Gasteiger charge is 2.15. The number of ether oxygens (including phenoxy) is 1. The van der Waals surface area contributed by atoms with E-state index in [1.54, 1.807) is 19.1 Å². The molecular formula is C15H14ClNO3. The van der Waals surface area contributed by atoms with E-state index in [0.717, 1.165) is 11.1 Å². The number of hydrogen-bond acceptors (Lipinski definition) is 3. The van der Waals surface area contributed by atoms with Gasteiger partial charge in [-0.05, 0) is 31.5 Å². The van der Waals surface area contributed by atoms with Gasteiger partial charge in [-0.3, -0.25) is 10.1 Å². The van der Waals surface area contributed by atoms with Crippen molar-refractivity contribution in [3.63, 3.8) is 0 Å². The summed E-state index contributed by atoms with van der Waals surface area (Å²) in [5.41, 5.74) is 2.36. The van der Waals surface area contributed by atoms with Gasteiger partial charge in [0, 0.05) is 11.1 Å². The molecule has 0 bridgehead atoms. The second-order valence-corrected chi connectivity index (χ2v) is 4.77. The van der Waals surface area contributed by atoms with Gasteiger partial charge in [0.05, 0.1) is 16.9 Å². The lowest BCUT2D eigenvalue weighted by Gasteiger charge is -2.12. The summed E-state index contributed by atoms with van der Waals surface area (Å²) in [6, 6.07) is 10.6. The van der Waals surface area contributed by atoms with Crippen LogP contribution >= 0.6 is 11.6 Å². The Bertz CT molecular complexity index is 656. The summed E-state index contributed by atoms with van der Waals surface area (Å²) in [5, 5.41) is 11.0. The second kappa shape index (κ2) is 5.92. The van der Waals surface area contributed by atoms with Crippen LogP contribution in [0.1, 0.15) is 16.7 Å². The predicted octanol–water partition coefficient (Wildman–Crippen LogP) is 4.74. The molecule has 2 aromatic rings. The molecule has 2 aromatic carbocycles. The van der Waals surface area contributed by atoms with E-state index in [4.69, 9.17) is 16.3 Å². The fourth-order valence-corrected chi connectivity index (χ4v) is 2.18. The number of halogens is 1. The molecule has 0 heterocycles. The molecule has 0 atom stereocenters. The highest BCUT2D eigenvalue weighted by molar-refractivity contribution is 6.17. The first-order valence-corrected chi connectivity index (χ1v) is 6.63. The number of aryl methyl sites for hydroxylation is 2. The lowest BCUT2D eigenvalue weighted by atomic mass is 10.1. The molecular weight excluding hydrogens is 278 g/mol. The highest BCUT2D eigenvalue weighted by Crippen LogP contribution is 2.33. The molecule has 0 fully saturated rings. The Kier molecular flexibility index (Phi) is 4.25. The molecule has 104 valence electrons. The van der Waals surface area contributed by atoms with Crippen molar-refractivity contribution in [2.24, 2.45) is 0 Å². The number of alkyl halides is 1. The molecule has 5 heteroatoms. The summed E-state index contributed by atoms with van der Waals surface area (Å²) in [6.07, 6.45) is 0. The van der Waals surface area contributed by atoms with Crippen molar-refractivity contribution < 1.29 is 9.66 Å². The smallest absolute Gasteiger partial charge is 0.276 e. The van der Waals surface area contributed by atoms with E-state index < -0.39 is 4.92 Å². The summed E-state index contributed by atoms with van der Waals surface area (Å²) >= 11 is 5.86. The van der Waals surface area contributed by atoms with Gasteiger partial charge in [-0.1, -0.05) is 18.2 Å². The van der Waals surface area contributed by atoms with Crippen LogP contribution in [0.3, 0.4) is 0 Å². The first-order chi connectivity index (χ1) is 9.52. The van der Waals surface area contributed by atoms with Crippen molar-refractivity contribution in [1.82, 2.24) is 0 Å². The zero-order chi connectivity index (χ0) is 14.7. The van der Waals surface area contributed by atoms with Gasteiger partial charge in [0.1, 0.15) is 11.5 Å². The molecule has 4 nitrogen and oxygen atoms in total. The molecule has 0 N–H and O–H groups in total. The van der Waals surface area contributed by atoms with Gasteiger partial charge in [0.25, 0.3) is 5.69 Å². The van der Waals surface area contributed by atoms with Crippen LogP contribution in [-0.2, 0) is 5.88 Å². The average Bonchev–Trinajstić information content (AvgIpc) is 2.42. The fraction of sp³-hybridized carbons (Fsp3) is 0.200. The highest BCUT2D eigenvalue weighted by atomic mass is 35.5. The number of nitrogens with zero attached hydrogens (tertiary/aromatic N) is 1. The first-order valence-electron chi connectivity index (χ1n) is 6.10. The average molecular weight is 292 g/mol. The van der Waals surface area contributed by atoms with E-state index in [0.29, 0.717) is 22.9 Å². The van der Waals surface area contributed by atoms with Crippen molar-refractivity contribution >= 4 is 17.3 Å². The lowest BCUT2D eigenvalue weighted by Crippen LogP contribution is -1.96. The van der Waals surface area contributed by atoms with Crippen molar-refractivity contribution in [3.8, 4) is 11.5 Å². The molecule has 0 aliphatic carbocycles. The number of para-hydroxylation sites is 1. The summed E-state index contributed by atoms with van der Waals surface area (Å²) in [5.74, 6) is 1.41.